The zero-order chi connectivity index (χ0) is 18.1. The van der Waals surface area contributed by atoms with Crippen LogP contribution in [0.4, 0.5) is 5.69 Å². The van der Waals surface area contributed by atoms with Gasteiger partial charge in [-0.15, -0.1) is 0 Å². The van der Waals surface area contributed by atoms with E-state index in [9.17, 15) is 13.2 Å². The Morgan fingerprint density at radius 3 is 2.50 bits per heavy atom. The molecule has 0 unspecified atom stereocenters. The predicted molar refractivity (Wildman–Crippen MR) is 92.6 cm³/mol. The number of carbonyl (C=O) groups is 1. The first-order valence-corrected chi connectivity index (χ1v) is 9.11. The fraction of sp³-hybridized carbons (Fsp3) is 0.438. The first-order valence-electron chi connectivity index (χ1n) is 7.45. The highest BCUT2D eigenvalue weighted by Crippen LogP contribution is 2.21. The number of imidazole rings is 1. The van der Waals surface area contributed by atoms with Gasteiger partial charge in [0.15, 0.2) is 9.84 Å². The van der Waals surface area contributed by atoms with Crippen molar-refractivity contribution in [3.05, 3.63) is 42.2 Å². The van der Waals surface area contributed by atoms with Crippen molar-refractivity contribution in [1.82, 2.24) is 14.5 Å². The summed E-state index contributed by atoms with van der Waals surface area (Å²) in [6.07, 6.45) is 4.61. The number of amides is 1. The second kappa shape index (κ2) is 6.35. The van der Waals surface area contributed by atoms with Gasteiger partial charge in [0.05, 0.1) is 22.8 Å². The van der Waals surface area contributed by atoms with Crippen LogP contribution in [0.2, 0.25) is 0 Å². The number of anilines is 1. The molecule has 0 aliphatic rings. The Hall–Kier alpha value is -2.22. The van der Waals surface area contributed by atoms with E-state index >= 15 is 0 Å². The first-order chi connectivity index (χ1) is 11.0. The van der Waals surface area contributed by atoms with Gasteiger partial charge in [-0.2, -0.15) is 0 Å². The van der Waals surface area contributed by atoms with Gasteiger partial charge in [-0.3, -0.25) is 9.78 Å². The van der Waals surface area contributed by atoms with Crippen LogP contribution >= 0.6 is 0 Å². The lowest BCUT2D eigenvalue weighted by molar-refractivity contribution is 0.0985. The lowest BCUT2D eigenvalue weighted by Gasteiger charge is -2.19. The van der Waals surface area contributed by atoms with Gasteiger partial charge in [0.1, 0.15) is 17.3 Å². The number of rotatable bonds is 4. The number of nitrogens with zero attached hydrogens (tertiary/aromatic N) is 4. The molecule has 0 bridgehead atoms. The van der Waals surface area contributed by atoms with Gasteiger partial charge >= 0.3 is 0 Å². The third kappa shape index (κ3) is 3.48. The number of carbonyl (C=O) groups excluding carboxylic acids is 1. The first kappa shape index (κ1) is 18.1. The van der Waals surface area contributed by atoms with Gasteiger partial charge < -0.3 is 9.47 Å². The fourth-order valence-electron chi connectivity index (χ4n) is 2.01. The number of hydrogen-bond acceptors (Lipinski definition) is 5. The largest absolute Gasteiger partial charge is 0.326 e. The summed E-state index contributed by atoms with van der Waals surface area (Å²) in [6.45, 7) is 4.94. The quantitative estimate of drug-likeness (QED) is 0.839. The smallest absolute Gasteiger partial charge is 0.276 e. The molecule has 0 aliphatic heterocycles. The summed E-state index contributed by atoms with van der Waals surface area (Å²) in [5.74, 6) is -0.151. The molecule has 0 saturated heterocycles. The van der Waals surface area contributed by atoms with E-state index in [0.717, 1.165) is 0 Å². The van der Waals surface area contributed by atoms with Crippen molar-refractivity contribution in [2.75, 3.05) is 11.9 Å². The molecule has 24 heavy (non-hydrogen) atoms. The average molecular weight is 350 g/mol. The highest BCUT2D eigenvalue weighted by Gasteiger charge is 2.31. The van der Waals surface area contributed by atoms with Crippen molar-refractivity contribution in [3.8, 4) is 0 Å². The molecule has 2 aromatic heterocycles. The molecular weight excluding hydrogens is 328 g/mol. The van der Waals surface area contributed by atoms with Crippen LogP contribution in [0.15, 0.2) is 30.7 Å². The summed E-state index contributed by atoms with van der Waals surface area (Å²) in [7, 11) is -0.0958. The number of pyridine rings is 1. The van der Waals surface area contributed by atoms with Crippen molar-refractivity contribution in [3.63, 3.8) is 0 Å². The average Bonchev–Trinajstić information content (AvgIpc) is 2.86. The highest BCUT2D eigenvalue weighted by molar-refractivity contribution is 7.91. The topological polar surface area (TPSA) is 85.2 Å². The van der Waals surface area contributed by atoms with Crippen molar-refractivity contribution in [2.45, 2.75) is 31.3 Å². The van der Waals surface area contributed by atoms with Gasteiger partial charge in [-0.1, -0.05) is 0 Å². The van der Waals surface area contributed by atoms with Crippen LogP contribution in [0.3, 0.4) is 0 Å². The molecule has 130 valence electrons. The number of aromatic nitrogens is 3. The van der Waals surface area contributed by atoms with E-state index in [4.69, 9.17) is 0 Å². The van der Waals surface area contributed by atoms with Gasteiger partial charge in [-0.25, -0.2) is 13.4 Å². The molecule has 2 aromatic rings. The lowest BCUT2D eigenvalue weighted by atomic mass is 10.3. The molecule has 7 nitrogen and oxygen atoms in total. The van der Waals surface area contributed by atoms with E-state index in [1.54, 1.807) is 59.4 Å². The standard InChI is InChI=1S/C16H22N4O3S/c1-16(2,3)24(22,23)11-14-18-10-13(20(14)5)15(21)19(4)12-7-6-8-17-9-12/h6-10H,11H2,1-5H3. The molecule has 0 atom stereocenters. The maximum Gasteiger partial charge on any atom is 0.276 e. The van der Waals surface area contributed by atoms with Crippen molar-refractivity contribution in [1.29, 1.82) is 0 Å². The van der Waals surface area contributed by atoms with Crippen molar-refractivity contribution >= 4 is 21.4 Å². The highest BCUT2D eigenvalue weighted by atomic mass is 32.2. The molecule has 2 heterocycles. The number of sulfone groups is 1. The van der Waals surface area contributed by atoms with Gasteiger partial charge in [-0.05, 0) is 32.9 Å². The van der Waals surface area contributed by atoms with E-state index < -0.39 is 14.6 Å². The molecule has 0 spiro atoms. The SMILES string of the molecule is CN(C(=O)c1cnc(CS(=O)(=O)C(C)(C)C)n1C)c1cccnc1. The summed E-state index contributed by atoms with van der Waals surface area (Å²) in [4.78, 5) is 22.2. The third-order valence-electron chi connectivity index (χ3n) is 3.89. The van der Waals surface area contributed by atoms with Gasteiger partial charge in [0.25, 0.3) is 5.91 Å². The van der Waals surface area contributed by atoms with Crippen LogP contribution in [0.25, 0.3) is 0 Å². The van der Waals surface area contributed by atoms with Crippen LogP contribution in [-0.4, -0.2) is 40.7 Å². The fourth-order valence-corrected chi connectivity index (χ4v) is 3.05. The molecular formula is C16H22N4O3S. The summed E-state index contributed by atoms with van der Waals surface area (Å²) in [5, 5.41) is 0. The Morgan fingerprint density at radius 2 is 1.96 bits per heavy atom. The Balaban J connectivity index is 2.29. The van der Waals surface area contributed by atoms with Crippen LogP contribution in [0.1, 0.15) is 37.1 Å². The minimum atomic E-state index is -3.38. The van der Waals surface area contributed by atoms with Crippen molar-refractivity contribution in [2.24, 2.45) is 7.05 Å². The zero-order valence-corrected chi connectivity index (χ0v) is 15.3. The van der Waals surface area contributed by atoms with E-state index in [1.165, 1.54) is 15.7 Å². The molecule has 0 radical (unpaired) electrons. The second-order valence-corrected chi connectivity index (χ2v) is 9.31. The van der Waals surface area contributed by atoms with E-state index in [1.807, 2.05) is 0 Å². The van der Waals surface area contributed by atoms with Crippen LogP contribution in [0, 0.1) is 0 Å². The monoisotopic (exact) mass is 350 g/mol. The lowest BCUT2D eigenvalue weighted by Crippen LogP contribution is -2.31. The maximum absolute atomic E-state index is 12.6. The maximum atomic E-state index is 12.6. The van der Waals surface area contributed by atoms with E-state index in [2.05, 4.69) is 9.97 Å². The Morgan fingerprint density at radius 1 is 1.29 bits per heavy atom. The Kier molecular flexibility index (Phi) is 4.80. The second-order valence-electron chi connectivity index (χ2n) is 6.57. The molecule has 0 fully saturated rings. The normalized spacial score (nSPS) is 12.2. The third-order valence-corrected chi connectivity index (χ3v) is 6.40. The van der Waals surface area contributed by atoms with E-state index in [0.29, 0.717) is 17.2 Å². The molecule has 0 saturated carbocycles. The summed E-state index contributed by atoms with van der Waals surface area (Å²) in [5.41, 5.74) is 0.966. The molecule has 0 aliphatic carbocycles. The molecule has 2 rings (SSSR count). The summed E-state index contributed by atoms with van der Waals surface area (Å²) < 4.78 is 25.3. The minimum absolute atomic E-state index is 0.211. The number of hydrogen-bond donors (Lipinski definition) is 0. The van der Waals surface area contributed by atoms with Crippen molar-refractivity contribution < 1.29 is 13.2 Å². The molecule has 0 N–H and O–H groups in total. The zero-order valence-electron chi connectivity index (χ0n) is 14.5. The molecule has 0 aromatic carbocycles. The predicted octanol–water partition coefficient (Wildman–Crippen LogP) is 1.80. The van der Waals surface area contributed by atoms with E-state index in [-0.39, 0.29) is 11.7 Å². The summed E-state index contributed by atoms with van der Waals surface area (Å²) >= 11 is 0. The Bertz CT molecular complexity index is 836. The van der Waals surface area contributed by atoms with Crippen LogP contribution in [-0.2, 0) is 22.6 Å². The molecule has 1 amide bonds. The van der Waals surface area contributed by atoms with Gasteiger partial charge in [0.2, 0.25) is 0 Å². The Labute approximate surface area is 142 Å². The van der Waals surface area contributed by atoms with Crippen LogP contribution in [0.5, 0.6) is 0 Å². The minimum Gasteiger partial charge on any atom is -0.326 e. The summed E-state index contributed by atoms with van der Waals surface area (Å²) in [6, 6.07) is 3.51. The van der Waals surface area contributed by atoms with Gasteiger partial charge in [0, 0.05) is 20.3 Å². The molecule has 8 heteroatoms. The van der Waals surface area contributed by atoms with Crippen LogP contribution < -0.4 is 4.90 Å².